The SMILES string of the molecule is CC(C)COC(=O)C(C)N(Oc1ccccc1)POCC1CC(C)C(n2ccc(N)nc2=O)O1. The second kappa shape index (κ2) is 12.3. The highest BCUT2D eigenvalue weighted by atomic mass is 31.1. The number of hydrogen-bond acceptors (Lipinski definition) is 9. The van der Waals surface area contributed by atoms with Crippen LogP contribution in [0.3, 0.4) is 0 Å². The summed E-state index contributed by atoms with van der Waals surface area (Å²) in [5, 5.41) is 0. The topological polar surface area (TPSA) is 118 Å². The summed E-state index contributed by atoms with van der Waals surface area (Å²) >= 11 is 0. The Morgan fingerprint density at radius 3 is 2.71 bits per heavy atom. The third kappa shape index (κ3) is 7.24. The number of nitrogen functional groups attached to an aromatic ring is 1. The van der Waals surface area contributed by atoms with Gasteiger partial charge in [-0.1, -0.05) is 43.8 Å². The number of hydroxylamine groups is 1. The standard InChI is InChI=1S/C23H33N4O6P/c1-15(2)13-30-22(28)17(4)27(33-18-8-6-5-7-9-18)34-31-14-19-12-16(3)21(32-19)26-11-10-20(24)25-23(26)29/h5-11,15-17,19,21,34H,12-14H2,1-4H3,(H2,24,25,29). The fourth-order valence-corrected chi connectivity index (χ4v) is 4.21. The Morgan fingerprint density at radius 1 is 1.29 bits per heavy atom. The number of ether oxygens (including phenoxy) is 2. The van der Waals surface area contributed by atoms with Crippen LogP contribution < -0.4 is 16.3 Å². The maximum atomic E-state index is 12.5. The summed E-state index contributed by atoms with van der Waals surface area (Å²) in [6.07, 6.45) is 1.63. The summed E-state index contributed by atoms with van der Waals surface area (Å²) in [5.41, 5.74) is 5.14. The Hall–Kier alpha value is -2.52. The number of anilines is 1. The third-order valence-electron chi connectivity index (χ3n) is 5.20. The average molecular weight is 493 g/mol. The van der Waals surface area contributed by atoms with E-state index >= 15 is 0 Å². The number of benzene rings is 1. The van der Waals surface area contributed by atoms with Crippen molar-refractivity contribution < 1.29 is 23.6 Å². The van der Waals surface area contributed by atoms with Crippen LogP contribution in [-0.4, -0.2) is 45.7 Å². The second-order valence-electron chi connectivity index (χ2n) is 8.74. The zero-order chi connectivity index (χ0) is 24.7. The lowest BCUT2D eigenvalue weighted by molar-refractivity contribution is -0.155. The normalized spacial score (nSPS) is 21.4. The zero-order valence-corrected chi connectivity index (χ0v) is 20.9. The molecule has 2 heterocycles. The molecule has 2 aromatic rings. The molecule has 2 N–H and O–H groups in total. The predicted octanol–water partition coefficient (Wildman–Crippen LogP) is 3.16. The molecule has 1 aliphatic heterocycles. The van der Waals surface area contributed by atoms with E-state index in [2.05, 4.69) is 4.98 Å². The highest BCUT2D eigenvalue weighted by molar-refractivity contribution is 7.29. The lowest BCUT2D eigenvalue weighted by atomic mass is 10.1. The van der Waals surface area contributed by atoms with Crippen molar-refractivity contribution in [2.75, 3.05) is 18.9 Å². The molecule has 0 amide bonds. The quantitative estimate of drug-likeness (QED) is 0.287. The molecule has 1 fully saturated rings. The van der Waals surface area contributed by atoms with Gasteiger partial charge in [0.25, 0.3) is 0 Å². The van der Waals surface area contributed by atoms with E-state index in [1.807, 2.05) is 39.0 Å². The van der Waals surface area contributed by atoms with Crippen molar-refractivity contribution in [2.24, 2.45) is 11.8 Å². The van der Waals surface area contributed by atoms with Gasteiger partial charge < -0.3 is 24.6 Å². The first-order chi connectivity index (χ1) is 16.2. The smallest absolute Gasteiger partial charge is 0.351 e. The van der Waals surface area contributed by atoms with Crippen LogP contribution in [-0.2, 0) is 18.8 Å². The number of esters is 1. The van der Waals surface area contributed by atoms with E-state index in [4.69, 9.17) is 24.6 Å². The van der Waals surface area contributed by atoms with Gasteiger partial charge in [0.2, 0.25) is 0 Å². The molecular weight excluding hydrogens is 459 g/mol. The highest BCUT2D eigenvalue weighted by Gasteiger charge is 2.35. The molecule has 0 saturated carbocycles. The molecule has 186 valence electrons. The molecule has 1 aromatic heterocycles. The Bertz CT molecular complexity index is 989. The van der Waals surface area contributed by atoms with Crippen molar-refractivity contribution in [1.29, 1.82) is 0 Å². The number of aromatic nitrogens is 2. The van der Waals surface area contributed by atoms with E-state index in [0.29, 0.717) is 18.8 Å². The first kappa shape index (κ1) is 26.1. The number of rotatable bonds is 11. The molecular formula is C23H33N4O6P. The van der Waals surface area contributed by atoms with Crippen LogP contribution in [0.15, 0.2) is 47.4 Å². The van der Waals surface area contributed by atoms with E-state index in [1.165, 1.54) is 9.40 Å². The van der Waals surface area contributed by atoms with Gasteiger partial charge in [0.05, 0.1) is 19.3 Å². The van der Waals surface area contributed by atoms with Gasteiger partial charge in [0, 0.05) is 12.1 Å². The van der Waals surface area contributed by atoms with Crippen molar-refractivity contribution in [2.45, 2.75) is 52.5 Å². The fraction of sp³-hybridized carbons (Fsp3) is 0.522. The molecule has 1 aliphatic rings. The molecule has 0 bridgehead atoms. The monoisotopic (exact) mass is 492 g/mol. The molecule has 0 radical (unpaired) electrons. The highest BCUT2D eigenvalue weighted by Crippen LogP contribution is 2.35. The Labute approximate surface area is 201 Å². The molecule has 0 spiro atoms. The minimum Gasteiger partial charge on any atom is -0.464 e. The second-order valence-corrected chi connectivity index (χ2v) is 9.65. The number of nitrogens with zero attached hydrogens (tertiary/aromatic N) is 3. The van der Waals surface area contributed by atoms with Crippen LogP contribution in [0.2, 0.25) is 0 Å². The minimum atomic E-state index is -0.673. The van der Waals surface area contributed by atoms with E-state index < -0.39 is 18.0 Å². The maximum Gasteiger partial charge on any atom is 0.351 e. The van der Waals surface area contributed by atoms with Gasteiger partial charge in [-0.2, -0.15) is 4.98 Å². The van der Waals surface area contributed by atoms with Crippen LogP contribution in [0.4, 0.5) is 5.82 Å². The summed E-state index contributed by atoms with van der Waals surface area (Å²) in [4.78, 5) is 35.9. The minimum absolute atomic E-state index is 0.0849. The molecule has 1 aromatic carbocycles. The largest absolute Gasteiger partial charge is 0.464 e. The van der Waals surface area contributed by atoms with Crippen molar-refractivity contribution in [3.63, 3.8) is 0 Å². The van der Waals surface area contributed by atoms with Crippen LogP contribution in [0.25, 0.3) is 0 Å². The number of carbonyl (C=O) groups is 1. The fourth-order valence-electron chi connectivity index (χ4n) is 3.42. The van der Waals surface area contributed by atoms with Gasteiger partial charge in [0.15, 0.2) is 0 Å². The van der Waals surface area contributed by atoms with E-state index in [-0.39, 0.29) is 45.3 Å². The molecule has 10 nitrogen and oxygen atoms in total. The Kier molecular flexibility index (Phi) is 9.41. The lowest BCUT2D eigenvalue weighted by Gasteiger charge is -2.27. The maximum absolute atomic E-state index is 12.5. The van der Waals surface area contributed by atoms with Gasteiger partial charge >= 0.3 is 11.7 Å². The number of para-hydroxylation sites is 1. The first-order valence-electron chi connectivity index (χ1n) is 11.3. The molecule has 5 atom stereocenters. The van der Waals surface area contributed by atoms with Crippen LogP contribution in [0, 0.1) is 11.8 Å². The summed E-state index contributed by atoms with van der Waals surface area (Å²) in [5.74, 6) is 0.690. The van der Waals surface area contributed by atoms with Gasteiger partial charge in [-0.05, 0) is 37.5 Å². The zero-order valence-electron chi connectivity index (χ0n) is 19.9. The molecule has 34 heavy (non-hydrogen) atoms. The predicted molar refractivity (Wildman–Crippen MR) is 129 cm³/mol. The first-order valence-corrected chi connectivity index (χ1v) is 12.2. The number of carbonyl (C=O) groups excluding carboxylic acids is 1. The average Bonchev–Trinajstić information content (AvgIpc) is 3.17. The van der Waals surface area contributed by atoms with Crippen molar-refractivity contribution >= 4 is 20.7 Å². The van der Waals surface area contributed by atoms with Gasteiger partial charge in [-0.25, -0.2) is 4.79 Å². The molecule has 5 unspecified atom stereocenters. The van der Waals surface area contributed by atoms with E-state index in [0.717, 1.165) is 0 Å². The molecule has 11 heteroatoms. The Balaban J connectivity index is 1.58. The van der Waals surface area contributed by atoms with Crippen LogP contribution in [0.1, 0.15) is 40.3 Å². The van der Waals surface area contributed by atoms with Crippen molar-refractivity contribution in [3.8, 4) is 5.75 Å². The Morgan fingerprint density at radius 2 is 2.03 bits per heavy atom. The molecule has 1 saturated heterocycles. The molecule has 3 rings (SSSR count). The van der Waals surface area contributed by atoms with Crippen LogP contribution in [0.5, 0.6) is 5.75 Å². The van der Waals surface area contributed by atoms with Crippen LogP contribution >= 0.6 is 8.96 Å². The number of nitrogens with two attached hydrogens (primary N) is 1. The summed E-state index contributed by atoms with van der Waals surface area (Å²) in [6.45, 7) is 8.29. The van der Waals surface area contributed by atoms with Gasteiger partial charge in [0.1, 0.15) is 32.8 Å². The van der Waals surface area contributed by atoms with Crippen molar-refractivity contribution in [3.05, 3.63) is 53.1 Å². The molecule has 0 aliphatic carbocycles. The van der Waals surface area contributed by atoms with Gasteiger partial charge in [-0.3, -0.25) is 9.36 Å². The summed E-state index contributed by atoms with van der Waals surface area (Å²) < 4.78 is 18.8. The van der Waals surface area contributed by atoms with Gasteiger partial charge in [-0.15, -0.1) is 0 Å². The van der Waals surface area contributed by atoms with E-state index in [9.17, 15) is 9.59 Å². The lowest BCUT2D eigenvalue weighted by Crippen LogP contribution is -2.37. The summed E-state index contributed by atoms with van der Waals surface area (Å²) in [7, 11) is -0.273. The summed E-state index contributed by atoms with van der Waals surface area (Å²) in [6, 6.07) is 10.1. The van der Waals surface area contributed by atoms with E-state index in [1.54, 1.807) is 31.3 Å². The number of hydrogen-bond donors (Lipinski definition) is 1. The van der Waals surface area contributed by atoms with Crippen molar-refractivity contribution in [1.82, 2.24) is 14.4 Å². The third-order valence-corrected chi connectivity index (χ3v) is 6.16.